The number of likely N-dealkylation sites (tertiary alicyclic amines) is 1. The number of carbonyl (C=O) groups is 1. The topological polar surface area (TPSA) is 91.3 Å². The number of benzene rings is 1. The quantitative estimate of drug-likeness (QED) is 0.834. The second-order valence-electron chi connectivity index (χ2n) is 6.01. The lowest BCUT2D eigenvalue weighted by Crippen LogP contribution is -2.21. The molecule has 0 bridgehead atoms. The van der Waals surface area contributed by atoms with Crippen LogP contribution in [-0.4, -0.2) is 51.6 Å². The molecule has 1 saturated heterocycles. The Kier molecular flexibility index (Phi) is 4.75. The predicted octanol–water partition coefficient (Wildman–Crippen LogP) is 1.64. The van der Waals surface area contributed by atoms with Crippen molar-refractivity contribution in [2.45, 2.75) is 18.9 Å². The maximum absolute atomic E-state index is 13.3. The number of ether oxygens (including phenoxy) is 1. The number of aromatic amines is 1. The van der Waals surface area contributed by atoms with Crippen LogP contribution in [0.1, 0.15) is 23.6 Å². The Balaban J connectivity index is 1.77. The smallest absolute Gasteiger partial charge is 0.303 e. The molecule has 0 aliphatic carbocycles. The number of halogens is 1. The lowest BCUT2D eigenvalue weighted by Gasteiger charge is -2.17. The van der Waals surface area contributed by atoms with Crippen LogP contribution in [0.4, 0.5) is 4.39 Å². The van der Waals surface area contributed by atoms with E-state index in [0.717, 1.165) is 11.3 Å². The van der Waals surface area contributed by atoms with Crippen LogP contribution in [0.15, 0.2) is 24.4 Å². The van der Waals surface area contributed by atoms with E-state index in [1.165, 1.54) is 19.2 Å². The molecule has 3 rings (SSSR count). The number of rotatable bonds is 6. The Labute approximate surface area is 138 Å². The number of H-pyrrole nitrogens is 1. The summed E-state index contributed by atoms with van der Waals surface area (Å²) >= 11 is 0. The van der Waals surface area contributed by atoms with Gasteiger partial charge in [-0.2, -0.15) is 15.4 Å². The Bertz CT molecular complexity index is 707. The molecule has 1 fully saturated rings. The molecule has 0 unspecified atom stereocenters. The summed E-state index contributed by atoms with van der Waals surface area (Å²) in [5.74, 6) is -0.712. The van der Waals surface area contributed by atoms with Crippen molar-refractivity contribution in [3.05, 3.63) is 41.5 Å². The Morgan fingerprint density at radius 3 is 3.00 bits per heavy atom. The van der Waals surface area contributed by atoms with E-state index in [-0.39, 0.29) is 24.1 Å². The molecule has 0 saturated carbocycles. The highest BCUT2D eigenvalue weighted by atomic mass is 19.1. The fourth-order valence-electron chi connectivity index (χ4n) is 3.33. The molecule has 0 radical (unpaired) electrons. The van der Waals surface area contributed by atoms with Gasteiger partial charge in [0.25, 0.3) is 0 Å². The van der Waals surface area contributed by atoms with E-state index < -0.39 is 5.97 Å². The molecule has 2 N–H and O–H groups in total. The van der Waals surface area contributed by atoms with E-state index in [2.05, 4.69) is 20.3 Å². The average molecular weight is 334 g/mol. The average Bonchev–Trinajstić information content (AvgIpc) is 3.18. The number of hydrogen-bond acceptors (Lipinski definition) is 5. The van der Waals surface area contributed by atoms with E-state index >= 15 is 0 Å². The molecule has 2 atom stereocenters. The summed E-state index contributed by atoms with van der Waals surface area (Å²) in [6, 6.07) is 4.46. The minimum atomic E-state index is -0.824. The third kappa shape index (κ3) is 3.53. The second kappa shape index (κ2) is 6.96. The number of aromatic nitrogens is 3. The molecule has 0 spiro atoms. The van der Waals surface area contributed by atoms with Crippen LogP contribution in [-0.2, 0) is 11.3 Å². The van der Waals surface area contributed by atoms with Gasteiger partial charge in [0, 0.05) is 37.2 Å². The van der Waals surface area contributed by atoms with E-state index in [9.17, 15) is 9.18 Å². The standard InChI is InChI=1S/C16H19FN4O3/c1-24-15-5-12(17)3-2-10(15)7-21-8-11(4-16(22)23)13(9-21)14-6-18-20-19-14/h2-3,5-6,11,13H,4,7-9H2,1H3,(H,22,23)(H,18,19,20)/t11-,13+/m0/s1. The van der Waals surface area contributed by atoms with Crippen molar-refractivity contribution in [1.29, 1.82) is 0 Å². The summed E-state index contributed by atoms with van der Waals surface area (Å²) in [7, 11) is 1.51. The van der Waals surface area contributed by atoms with Gasteiger partial charge in [0.1, 0.15) is 11.6 Å². The molecule has 1 aliphatic heterocycles. The first-order chi connectivity index (χ1) is 11.6. The largest absolute Gasteiger partial charge is 0.496 e. The highest BCUT2D eigenvalue weighted by Crippen LogP contribution is 2.35. The highest BCUT2D eigenvalue weighted by Gasteiger charge is 2.36. The van der Waals surface area contributed by atoms with Gasteiger partial charge in [-0.25, -0.2) is 4.39 Å². The van der Waals surface area contributed by atoms with E-state index in [0.29, 0.717) is 25.4 Å². The lowest BCUT2D eigenvalue weighted by atomic mass is 9.91. The maximum atomic E-state index is 13.3. The summed E-state index contributed by atoms with van der Waals surface area (Å²) in [5.41, 5.74) is 1.64. The summed E-state index contributed by atoms with van der Waals surface area (Å²) in [6.45, 7) is 1.86. The molecule has 1 aromatic heterocycles. The molecule has 2 aromatic rings. The summed E-state index contributed by atoms with van der Waals surface area (Å²) < 4.78 is 18.6. The van der Waals surface area contributed by atoms with Crippen molar-refractivity contribution in [3.63, 3.8) is 0 Å². The van der Waals surface area contributed by atoms with Crippen molar-refractivity contribution in [2.24, 2.45) is 5.92 Å². The number of methoxy groups -OCH3 is 1. The SMILES string of the molecule is COc1cc(F)ccc1CN1C[C@H](CC(=O)O)[C@H](c2cn[nH]n2)C1. The van der Waals surface area contributed by atoms with Gasteiger partial charge < -0.3 is 9.84 Å². The number of nitrogens with zero attached hydrogens (tertiary/aromatic N) is 3. The molecule has 2 heterocycles. The fourth-order valence-corrected chi connectivity index (χ4v) is 3.33. The summed E-state index contributed by atoms with van der Waals surface area (Å²) in [4.78, 5) is 13.3. The number of hydrogen-bond donors (Lipinski definition) is 2. The van der Waals surface area contributed by atoms with E-state index in [1.807, 2.05) is 0 Å². The van der Waals surface area contributed by atoms with Crippen molar-refractivity contribution in [2.75, 3.05) is 20.2 Å². The monoisotopic (exact) mass is 334 g/mol. The first-order valence-electron chi connectivity index (χ1n) is 7.69. The molecule has 128 valence electrons. The highest BCUT2D eigenvalue weighted by molar-refractivity contribution is 5.67. The van der Waals surface area contributed by atoms with Gasteiger partial charge in [-0.1, -0.05) is 6.07 Å². The van der Waals surface area contributed by atoms with E-state index in [4.69, 9.17) is 9.84 Å². The fraction of sp³-hybridized carbons (Fsp3) is 0.438. The van der Waals surface area contributed by atoms with Crippen LogP contribution < -0.4 is 4.74 Å². The molecule has 1 aromatic carbocycles. The van der Waals surface area contributed by atoms with Crippen LogP contribution in [0.5, 0.6) is 5.75 Å². The molecule has 0 amide bonds. The van der Waals surface area contributed by atoms with Crippen LogP contribution in [0.2, 0.25) is 0 Å². The Morgan fingerprint density at radius 1 is 1.50 bits per heavy atom. The molecule has 24 heavy (non-hydrogen) atoms. The van der Waals surface area contributed by atoms with Crippen molar-refractivity contribution in [3.8, 4) is 5.75 Å². The van der Waals surface area contributed by atoms with Gasteiger partial charge >= 0.3 is 5.97 Å². The van der Waals surface area contributed by atoms with E-state index in [1.54, 1.807) is 12.3 Å². The van der Waals surface area contributed by atoms with Gasteiger partial charge in [-0.15, -0.1) is 0 Å². The normalized spacial score (nSPS) is 21.1. The Hall–Kier alpha value is -2.48. The molecular formula is C16H19FN4O3. The summed E-state index contributed by atoms with van der Waals surface area (Å²) in [5, 5.41) is 19.7. The van der Waals surface area contributed by atoms with Crippen molar-refractivity contribution in [1.82, 2.24) is 20.3 Å². The van der Waals surface area contributed by atoms with Gasteiger partial charge in [-0.05, 0) is 12.0 Å². The minimum absolute atomic E-state index is 0.00583. The summed E-state index contributed by atoms with van der Waals surface area (Å²) in [6.07, 6.45) is 1.72. The molecule has 1 aliphatic rings. The van der Waals surface area contributed by atoms with Crippen LogP contribution in [0.25, 0.3) is 0 Å². The first-order valence-corrected chi connectivity index (χ1v) is 7.69. The molecular weight excluding hydrogens is 315 g/mol. The lowest BCUT2D eigenvalue weighted by molar-refractivity contribution is -0.138. The van der Waals surface area contributed by atoms with Crippen molar-refractivity contribution < 1.29 is 19.0 Å². The number of carboxylic acids is 1. The molecule has 8 heteroatoms. The zero-order chi connectivity index (χ0) is 17.1. The number of nitrogens with one attached hydrogen (secondary N) is 1. The second-order valence-corrected chi connectivity index (χ2v) is 6.01. The van der Waals surface area contributed by atoms with Gasteiger partial charge in [0.05, 0.1) is 25.4 Å². The molecule has 7 nitrogen and oxygen atoms in total. The van der Waals surface area contributed by atoms with Crippen molar-refractivity contribution >= 4 is 5.97 Å². The van der Waals surface area contributed by atoms with Crippen LogP contribution in [0.3, 0.4) is 0 Å². The zero-order valence-electron chi connectivity index (χ0n) is 13.3. The zero-order valence-corrected chi connectivity index (χ0v) is 13.3. The van der Waals surface area contributed by atoms with Crippen LogP contribution >= 0.6 is 0 Å². The number of aliphatic carboxylic acids is 1. The van der Waals surface area contributed by atoms with Gasteiger partial charge in [-0.3, -0.25) is 9.69 Å². The number of carboxylic acid groups (broad SMARTS) is 1. The van der Waals surface area contributed by atoms with Crippen LogP contribution in [0, 0.1) is 11.7 Å². The Morgan fingerprint density at radius 2 is 2.33 bits per heavy atom. The minimum Gasteiger partial charge on any atom is -0.496 e. The third-order valence-corrected chi connectivity index (χ3v) is 4.41. The first kappa shape index (κ1) is 16.4. The van der Waals surface area contributed by atoms with Gasteiger partial charge in [0.2, 0.25) is 0 Å². The predicted molar refractivity (Wildman–Crippen MR) is 83.1 cm³/mol. The third-order valence-electron chi connectivity index (χ3n) is 4.41. The maximum Gasteiger partial charge on any atom is 0.303 e. The van der Waals surface area contributed by atoms with Gasteiger partial charge in [0.15, 0.2) is 0 Å².